The number of hydrogen-bond donors (Lipinski definition) is 2. The van der Waals surface area contributed by atoms with E-state index in [1.165, 1.54) is 32.4 Å². The summed E-state index contributed by atoms with van der Waals surface area (Å²) in [5.74, 6) is -0.907. The van der Waals surface area contributed by atoms with Crippen LogP contribution in [0.15, 0.2) is 71.1 Å². The van der Waals surface area contributed by atoms with Gasteiger partial charge in [-0.25, -0.2) is 4.39 Å². The van der Waals surface area contributed by atoms with E-state index in [2.05, 4.69) is 10.6 Å². The molecule has 0 aliphatic carbocycles. The molecule has 1 heterocycles. The molecule has 0 bridgehead atoms. The highest BCUT2D eigenvalue weighted by molar-refractivity contribution is 6.17. The van der Waals surface area contributed by atoms with Crippen LogP contribution in [0.3, 0.4) is 0 Å². The van der Waals surface area contributed by atoms with Gasteiger partial charge >= 0.3 is 0 Å². The van der Waals surface area contributed by atoms with Crippen molar-refractivity contribution in [1.82, 2.24) is 0 Å². The summed E-state index contributed by atoms with van der Waals surface area (Å²) in [5.41, 5.74) is 1.05. The van der Waals surface area contributed by atoms with Gasteiger partial charge in [0, 0.05) is 17.0 Å². The van der Waals surface area contributed by atoms with Gasteiger partial charge in [0.05, 0.1) is 19.9 Å². The second-order valence-corrected chi connectivity index (χ2v) is 6.79. The lowest BCUT2D eigenvalue weighted by Gasteiger charge is -2.12. The minimum atomic E-state index is -0.609. The maximum atomic E-state index is 13.6. The lowest BCUT2D eigenvalue weighted by atomic mass is 10.1. The molecule has 8 heteroatoms. The second-order valence-electron chi connectivity index (χ2n) is 6.79. The molecule has 0 aliphatic heterocycles. The minimum Gasteiger partial charge on any atom is -0.497 e. The number of fused-ring (bicyclic) bond motifs is 1. The summed E-state index contributed by atoms with van der Waals surface area (Å²) in [6.45, 7) is 0. The zero-order valence-corrected chi connectivity index (χ0v) is 17.3. The van der Waals surface area contributed by atoms with Gasteiger partial charge in [0.1, 0.15) is 28.6 Å². The van der Waals surface area contributed by atoms with Gasteiger partial charge in [-0.05, 0) is 42.5 Å². The number of anilines is 2. The monoisotopic (exact) mass is 434 g/mol. The highest BCUT2D eigenvalue weighted by Gasteiger charge is 2.24. The molecule has 3 aromatic carbocycles. The summed E-state index contributed by atoms with van der Waals surface area (Å²) in [6.07, 6.45) is 0. The smallest absolute Gasteiger partial charge is 0.293 e. The first-order chi connectivity index (χ1) is 15.5. The van der Waals surface area contributed by atoms with Gasteiger partial charge in [-0.15, -0.1) is 0 Å². The molecule has 7 nitrogen and oxygen atoms in total. The van der Waals surface area contributed by atoms with Gasteiger partial charge in [0.15, 0.2) is 0 Å². The Morgan fingerprint density at radius 1 is 0.875 bits per heavy atom. The molecule has 1 aromatic heterocycles. The van der Waals surface area contributed by atoms with Crippen LogP contribution in [0, 0.1) is 5.82 Å². The number of rotatable bonds is 6. The third kappa shape index (κ3) is 4.11. The van der Waals surface area contributed by atoms with Gasteiger partial charge < -0.3 is 24.5 Å². The van der Waals surface area contributed by atoms with Crippen LogP contribution in [0.5, 0.6) is 11.5 Å². The zero-order valence-electron chi connectivity index (χ0n) is 17.3. The normalized spacial score (nSPS) is 10.6. The average Bonchev–Trinajstić information content (AvgIpc) is 3.17. The molecule has 0 spiro atoms. The predicted molar refractivity (Wildman–Crippen MR) is 118 cm³/mol. The van der Waals surface area contributed by atoms with Crippen molar-refractivity contribution in [3.63, 3.8) is 0 Å². The Balaban J connectivity index is 1.71. The van der Waals surface area contributed by atoms with Crippen LogP contribution >= 0.6 is 0 Å². The van der Waals surface area contributed by atoms with E-state index in [-0.39, 0.29) is 17.0 Å². The number of ether oxygens (including phenoxy) is 2. The van der Waals surface area contributed by atoms with Gasteiger partial charge in [-0.1, -0.05) is 18.2 Å². The Morgan fingerprint density at radius 2 is 1.69 bits per heavy atom. The van der Waals surface area contributed by atoms with Crippen molar-refractivity contribution in [1.29, 1.82) is 0 Å². The van der Waals surface area contributed by atoms with Gasteiger partial charge in [0.2, 0.25) is 5.76 Å². The van der Waals surface area contributed by atoms with E-state index >= 15 is 0 Å². The number of methoxy groups -OCH3 is 2. The van der Waals surface area contributed by atoms with Crippen LogP contribution in [-0.2, 0) is 0 Å². The van der Waals surface area contributed by atoms with Crippen LogP contribution in [0.1, 0.15) is 20.9 Å². The van der Waals surface area contributed by atoms with Gasteiger partial charge in [-0.2, -0.15) is 0 Å². The number of nitrogens with one attached hydrogen (secondary N) is 2. The number of carbonyl (C=O) groups excluding carboxylic acids is 2. The van der Waals surface area contributed by atoms with E-state index in [9.17, 15) is 14.0 Å². The van der Waals surface area contributed by atoms with Crippen LogP contribution in [-0.4, -0.2) is 26.0 Å². The molecule has 0 saturated carbocycles. The van der Waals surface area contributed by atoms with E-state index < -0.39 is 17.6 Å². The lowest BCUT2D eigenvalue weighted by molar-refractivity contribution is 0.0999. The third-order valence-corrected chi connectivity index (χ3v) is 4.78. The maximum absolute atomic E-state index is 13.6. The Kier molecular flexibility index (Phi) is 5.76. The molecule has 2 N–H and O–H groups in total. The average molecular weight is 434 g/mol. The topological polar surface area (TPSA) is 89.8 Å². The van der Waals surface area contributed by atoms with E-state index in [0.717, 1.165) is 6.07 Å². The molecule has 162 valence electrons. The fourth-order valence-corrected chi connectivity index (χ4v) is 3.24. The van der Waals surface area contributed by atoms with Crippen molar-refractivity contribution in [3.8, 4) is 11.5 Å². The zero-order chi connectivity index (χ0) is 22.7. The van der Waals surface area contributed by atoms with Crippen molar-refractivity contribution in [2.75, 3.05) is 24.9 Å². The molecule has 0 radical (unpaired) electrons. The van der Waals surface area contributed by atoms with Crippen LogP contribution in [0.25, 0.3) is 11.0 Å². The molecule has 2 amide bonds. The molecule has 0 atom stereocenters. The quantitative estimate of drug-likeness (QED) is 0.441. The Morgan fingerprint density at radius 3 is 2.44 bits per heavy atom. The molecular formula is C24H19FN2O5. The van der Waals surface area contributed by atoms with Gasteiger partial charge in [0.25, 0.3) is 11.8 Å². The summed E-state index contributed by atoms with van der Waals surface area (Å²) in [4.78, 5) is 25.9. The standard InChI is InChI=1S/C24H19FN2O5/c1-30-16-10-11-20(31-2)18(13-16)26-24(29)22-21(17-8-3-4-9-19(17)32-22)27-23(28)14-6-5-7-15(25)12-14/h3-13H,1-2H3,(H,26,29)(H,27,28). The molecule has 4 rings (SSSR count). The van der Waals surface area contributed by atoms with Crippen molar-refractivity contribution in [2.24, 2.45) is 0 Å². The SMILES string of the molecule is COc1ccc(OC)c(NC(=O)c2oc3ccccc3c2NC(=O)c2cccc(F)c2)c1. The van der Waals surface area contributed by atoms with Crippen molar-refractivity contribution < 1.29 is 27.9 Å². The Hall–Kier alpha value is -4.33. The Labute approximate surface area is 182 Å². The summed E-state index contributed by atoms with van der Waals surface area (Å²) in [7, 11) is 2.98. The van der Waals surface area contributed by atoms with E-state index in [4.69, 9.17) is 13.9 Å². The first-order valence-corrected chi connectivity index (χ1v) is 9.62. The van der Waals surface area contributed by atoms with E-state index in [1.54, 1.807) is 42.5 Å². The number of carbonyl (C=O) groups is 2. The summed E-state index contributed by atoms with van der Waals surface area (Å²) < 4.78 is 29.8. The summed E-state index contributed by atoms with van der Waals surface area (Å²) in [6, 6.07) is 17.1. The minimum absolute atomic E-state index is 0.108. The lowest BCUT2D eigenvalue weighted by Crippen LogP contribution is -2.17. The molecule has 4 aromatic rings. The second kappa shape index (κ2) is 8.81. The van der Waals surface area contributed by atoms with E-state index in [0.29, 0.717) is 28.2 Å². The van der Waals surface area contributed by atoms with Gasteiger partial charge in [-0.3, -0.25) is 9.59 Å². The fourth-order valence-electron chi connectivity index (χ4n) is 3.24. The first-order valence-electron chi connectivity index (χ1n) is 9.62. The van der Waals surface area contributed by atoms with Crippen LogP contribution < -0.4 is 20.1 Å². The molecular weight excluding hydrogens is 415 g/mol. The van der Waals surface area contributed by atoms with Crippen molar-refractivity contribution in [3.05, 3.63) is 83.9 Å². The molecule has 0 fully saturated rings. The predicted octanol–water partition coefficient (Wildman–Crippen LogP) is 5.09. The van der Waals surface area contributed by atoms with Crippen molar-refractivity contribution in [2.45, 2.75) is 0 Å². The molecule has 32 heavy (non-hydrogen) atoms. The first kappa shape index (κ1) is 20.9. The summed E-state index contributed by atoms with van der Waals surface area (Å²) >= 11 is 0. The number of amides is 2. The number of para-hydroxylation sites is 1. The van der Waals surface area contributed by atoms with Crippen LogP contribution in [0.2, 0.25) is 0 Å². The third-order valence-electron chi connectivity index (χ3n) is 4.78. The highest BCUT2D eigenvalue weighted by atomic mass is 19.1. The molecule has 0 aliphatic rings. The maximum Gasteiger partial charge on any atom is 0.293 e. The van der Waals surface area contributed by atoms with Crippen molar-refractivity contribution >= 4 is 34.2 Å². The highest BCUT2D eigenvalue weighted by Crippen LogP contribution is 2.34. The number of furan rings is 1. The number of hydrogen-bond acceptors (Lipinski definition) is 5. The Bertz CT molecular complexity index is 1310. The molecule has 0 saturated heterocycles. The summed E-state index contributed by atoms with van der Waals surface area (Å²) in [5, 5.41) is 5.93. The number of halogens is 1. The largest absolute Gasteiger partial charge is 0.497 e. The molecule has 0 unspecified atom stereocenters. The van der Waals surface area contributed by atoms with E-state index in [1.807, 2.05) is 0 Å². The number of benzene rings is 3. The fraction of sp³-hybridized carbons (Fsp3) is 0.0833. The van der Waals surface area contributed by atoms with Crippen LogP contribution in [0.4, 0.5) is 15.8 Å².